The fraction of sp³-hybridized carbons (Fsp3) is 0.750. The zero-order chi connectivity index (χ0) is 8.91. The first-order valence-corrected chi connectivity index (χ1v) is 3.48. The zero-order valence-corrected chi connectivity index (χ0v) is 7.18. The molecule has 0 rings (SSSR count). The summed E-state index contributed by atoms with van der Waals surface area (Å²) < 4.78 is 4.72. The SMILES string of the molecule is COCCC(=O)C(C)(C)C#N. The Morgan fingerprint density at radius 2 is 2.18 bits per heavy atom. The largest absolute Gasteiger partial charge is 0.384 e. The van der Waals surface area contributed by atoms with E-state index in [2.05, 4.69) is 0 Å². The minimum atomic E-state index is -0.863. The van der Waals surface area contributed by atoms with Crippen molar-refractivity contribution < 1.29 is 9.53 Å². The highest BCUT2D eigenvalue weighted by molar-refractivity contribution is 5.86. The van der Waals surface area contributed by atoms with Gasteiger partial charge in [0.1, 0.15) is 5.41 Å². The molecule has 0 radical (unpaired) electrons. The van der Waals surface area contributed by atoms with Crippen LogP contribution in [0, 0.1) is 16.7 Å². The van der Waals surface area contributed by atoms with E-state index >= 15 is 0 Å². The first-order valence-electron chi connectivity index (χ1n) is 3.48. The van der Waals surface area contributed by atoms with Gasteiger partial charge in [0.25, 0.3) is 0 Å². The smallest absolute Gasteiger partial charge is 0.154 e. The molecule has 0 aliphatic heterocycles. The molecule has 0 bridgehead atoms. The number of ether oxygens (including phenoxy) is 1. The molecule has 0 aliphatic carbocycles. The lowest BCUT2D eigenvalue weighted by Gasteiger charge is -2.12. The molecular weight excluding hydrogens is 142 g/mol. The fourth-order valence-corrected chi connectivity index (χ4v) is 0.570. The predicted octanol–water partition coefficient (Wildman–Crippen LogP) is 1.14. The van der Waals surface area contributed by atoms with Gasteiger partial charge in [-0.2, -0.15) is 5.26 Å². The summed E-state index contributed by atoms with van der Waals surface area (Å²) in [4.78, 5) is 11.2. The topological polar surface area (TPSA) is 50.1 Å². The van der Waals surface area contributed by atoms with Crippen molar-refractivity contribution in [3.63, 3.8) is 0 Å². The van der Waals surface area contributed by atoms with Gasteiger partial charge in [0.05, 0.1) is 12.7 Å². The third-order valence-electron chi connectivity index (χ3n) is 1.51. The molecule has 0 atom stereocenters. The number of nitrogens with zero attached hydrogens (tertiary/aromatic N) is 1. The molecule has 3 heteroatoms. The molecule has 11 heavy (non-hydrogen) atoms. The summed E-state index contributed by atoms with van der Waals surface area (Å²) in [5, 5.41) is 8.55. The number of carbonyl (C=O) groups is 1. The highest BCUT2D eigenvalue weighted by Crippen LogP contribution is 2.16. The maximum atomic E-state index is 11.2. The molecule has 0 spiro atoms. The Morgan fingerprint density at radius 3 is 2.55 bits per heavy atom. The van der Waals surface area contributed by atoms with E-state index in [-0.39, 0.29) is 5.78 Å². The average molecular weight is 155 g/mol. The van der Waals surface area contributed by atoms with Gasteiger partial charge in [-0.05, 0) is 13.8 Å². The summed E-state index contributed by atoms with van der Waals surface area (Å²) in [6.07, 6.45) is 0.317. The highest BCUT2D eigenvalue weighted by Gasteiger charge is 2.25. The molecule has 0 aliphatic rings. The minimum absolute atomic E-state index is 0.0677. The Hall–Kier alpha value is -0.880. The van der Waals surface area contributed by atoms with Crippen molar-refractivity contribution >= 4 is 5.78 Å². The molecule has 0 unspecified atom stereocenters. The third kappa shape index (κ3) is 3.15. The number of Topliss-reactive ketones (excluding diaryl/α,β-unsaturated/α-hetero) is 1. The molecule has 0 amide bonds. The number of ketones is 1. The fourth-order valence-electron chi connectivity index (χ4n) is 0.570. The van der Waals surface area contributed by atoms with Crippen LogP contribution in [-0.2, 0) is 9.53 Å². The number of carbonyl (C=O) groups excluding carboxylic acids is 1. The molecule has 0 aromatic carbocycles. The van der Waals surface area contributed by atoms with Crippen LogP contribution in [0.25, 0.3) is 0 Å². The molecule has 0 saturated heterocycles. The quantitative estimate of drug-likeness (QED) is 0.611. The highest BCUT2D eigenvalue weighted by atomic mass is 16.5. The van der Waals surface area contributed by atoms with Crippen LogP contribution >= 0.6 is 0 Å². The van der Waals surface area contributed by atoms with Crippen molar-refractivity contribution in [1.82, 2.24) is 0 Å². The number of hydrogen-bond acceptors (Lipinski definition) is 3. The predicted molar refractivity (Wildman–Crippen MR) is 40.9 cm³/mol. The number of hydrogen-bond donors (Lipinski definition) is 0. The Bertz CT molecular complexity index is 179. The molecule has 0 fully saturated rings. The lowest BCUT2D eigenvalue weighted by molar-refractivity contribution is -0.125. The van der Waals surface area contributed by atoms with Crippen LogP contribution in [0.15, 0.2) is 0 Å². The standard InChI is InChI=1S/C8H13NO2/c1-8(2,6-9)7(10)4-5-11-3/h4-5H2,1-3H3. The zero-order valence-electron chi connectivity index (χ0n) is 7.18. The first-order chi connectivity index (χ1) is 5.04. The van der Waals surface area contributed by atoms with Crippen LogP contribution in [0.5, 0.6) is 0 Å². The van der Waals surface area contributed by atoms with Crippen LogP contribution in [0.4, 0.5) is 0 Å². The van der Waals surface area contributed by atoms with E-state index in [0.29, 0.717) is 13.0 Å². The minimum Gasteiger partial charge on any atom is -0.384 e. The van der Waals surface area contributed by atoms with Crippen molar-refractivity contribution in [2.75, 3.05) is 13.7 Å². The van der Waals surface area contributed by atoms with E-state index in [4.69, 9.17) is 10.00 Å². The van der Waals surface area contributed by atoms with Gasteiger partial charge in [0.2, 0.25) is 0 Å². The average Bonchev–Trinajstić information content (AvgIpc) is 2.00. The van der Waals surface area contributed by atoms with Gasteiger partial charge in [-0.3, -0.25) is 4.79 Å². The maximum absolute atomic E-state index is 11.2. The molecule has 3 nitrogen and oxygen atoms in total. The van der Waals surface area contributed by atoms with Gasteiger partial charge < -0.3 is 4.74 Å². The number of methoxy groups -OCH3 is 1. The van der Waals surface area contributed by atoms with Crippen molar-refractivity contribution in [1.29, 1.82) is 5.26 Å². The van der Waals surface area contributed by atoms with Gasteiger partial charge >= 0.3 is 0 Å². The summed E-state index contributed by atoms with van der Waals surface area (Å²) in [6.45, 7) is 3.62. The van der Waals surface area contributed by atoms with Gasteiger partial charge in [0, 0.05) is 13.5 Å². The van der Waals surface area contributed by atoms with Crippen molar-refractivity contribution in [3.8, 4) is 6.07 Å². The summed E-state index contributed by atoms with van der Waals surface area (Å²) in [6, 6.07) is 1.94. The van der Waals surface area contributed by atoms with E-state index in [1.807, 2.05) is 6.07 Å². The molecule has 0 N–H and O–H groups in total. The van der Waals surface area contributed by atoms with E-state index in [0.717, 1.165) is 0 Å². The monoisotopic (exact) mass is 155 g/mol. The summed E-state index contributed by atoms with van der Waals surface area (Å²) in [5.74, 6) is -0.0677. The third-order valence-corrected chi connectivity index (χ3v) is 1.51. The Balaban J connectivity index is 3.95. The van der Waals surface area contributed by atoms with Gasteiger partial charge in [0.15, 0.2) is 5.78 Å². The van der Waals surface area contributed by atoms with Crippen LogP contribution in [0.3, 0.4) is 0 Å². The van der Waals surface area contributed by atoms with E-state index < -0.39 is 5.41 Å². The normalized spacial score (nSPS) is 10.7. The van der Waals surface area contributed by atoms with E-state index in [9.17, 15) is 4.79 Å². The molecule has 62 valence electrons. The summed E-state index contributed by atoms with van der Waals surface area (Å²) in [7, 11) is 1.53. The van der Waals surface area contributed by atoms with Gasteiger partial charge in [-0.25, -0.2) is 0 Å². The second-order valence-electron chi connectivity index (χ2n) is 2.90. The second kappa shape index (κ2) is 4.09. The Labute approximate surface area is 67.0 Å². The summed E-state index contributed by atoms with van der Waals surface area (Å²) >= 11 is 0. The number of nitriles is 1. The lowest BCUT2D eigenvalue weighted by Crippen LogP contribution is -2.23. The van der Waals surface area contributed by atoms with Crippen molar-refractivity contribution in [3.05, 3.63) is 0 Å². The van der Waals surface area contributed by atoms with E-state index in [1.54, 1.807) is 13.8 Å². The maximum Gasteiger partial charge on any atom is 0.154 e. The van der Waals surface area contributed by atoms with Crippen LogP contribution in [0.1, 0.15) is 20.3 Å². The molecule has 0 heterocycles. The molecule has 0 aromatic rings. The van der Waals surface area contributed by atoms with Crippen molar-refractivity contribution in [2.45, 2.75) is 20.3 Å². The van der Waals surface area contributed by atoms with Crippen molar-refractivity contribution in [2.24, 2.45) is 5.41 Å². The molecule has 0 aromatic heterocycles. The lowest BCUT2D eigenvalue weighted by atomic mass is 9.88. The molecule has 0 saturated carbocycles. The van der Waals surface area contributed by atoms with Crippen LogP contribution in [0.2, 0.25) is 0 Å². The van der Waals surface area contributed by atoms with E-state index in [1.165, 1.54) is 7.11 Å². The Kier molecular flexibility index (Phi) is 3.77. The second-order valence-corrected chi connectivity index (χ2v) is 2.90. The number of rotatable bonds is 4. The first kappa shape index (κ1) is 10.1. The Morgan fingerprint density at radius 1 is 1.64 bits per heavy atom. The van der Waals surface area contributed by atoms with Gasteiger partial charge in [-0.15, -0.1) is 0 Å². The van der Waals surface area contributed by atoms with Crippen LogP contribution in [-0.4, -0.2) is 19.5 Å². The summed E-state index contributed by atoms with van der Waals surface area (Å²) in [5.41, 5.74) is -0.863. The van der Waals surface area contributed by atoms with Crippen LogP contribution < -0.4 is 0 Å². The molecular formula is C8H13NO2. The van der Waals surface area contributed by atoms with Gasteiger partial charge in [-0.1, -0.05) is 0 Å².